The summed E-state index contributed by atoms with van der Waals surface area (Å²) in [5, 5.41) is 6.83. The van der Waals surface area contributed by atoms with Gasteiger partial charge in [0, 0.05) is 12.3 Å². The summed E-state index contributed by atoms with van der Waals surface area (Å²) in [6, 6.07) is 9.58. The number of hydrogen-bond donors (Lipinski definition) is 2. The molecule has 1 atom stereocenters. The lowest BCUT2D eigenvalue weighted by atomic mass is 9.88. The normalized spacial score (nSPS) is 17.2. The van der Waals surface area contributed by atoms with E-state index in [-0.39, 0.29) is 23.8 Å². The number of para-hydroxylation sites is 2. The van der Waals surface area contributed by atoms with E-state index >= 15 is 0 Å². The Bertz CT molecular complexity index is 1160. The molecule has 1 unspecified atom stereocenters. The van der Waals surface area contributed by atoms with Gasteiger partial charge in [-0.3, -0.25) is 19.0 Å². The minimum absolute atomic E-state index is 0.0941. The van der Waals surface area contributed by atoms with Crippen LogP contribution in [-0.2, 0) is 4.79 Å². The van der Waals surface area contributed by atoms with Crippen molar-refractivity contribution in [3.8, 4) is 0 Å². The Morgan fingerprint density at radius 3 is 2.92 bits per heavy atom. The Morgan fingerprint density at radius 2 is 2.08 bits per heavy atom. The number of H-pyrrole nitrogens is 1. The molecular formula is C17H12N4O2S. The lowest BCUT2D eigenvalue weighted by Crippen LogP contribution is -2.31. The smallest absolute Gasteiger partial charge is 0.258 e. The largest absolute Gasteiger partial charge is 0.311 e. The number of carbonyl (C=O) groups is 1. The van der Waals surface area contributed by atoms with Crippen LogP contribution in [0, 0.1) is 0 Å². The standard InChI is InChI=1S/C17H12N4O2S/c22-13-7-10(9-5-6-24-8-9)14-15(19-13)21-12-4-2-1-3-11(12)18-17(21)20-16(14)23/h1-6,8,10H,7H2,(H,19,22)(H,18,20,23). The number of nitrogens with zero attached hydrogens (tertiary/aromatic N) is 2. The van der Waals surface area contributed by atoms with Gasteiger partial charge in [-0.25, -0.2) is 4.98 Å². The molecule has 0 bridgehead atoms. The number of fused-ring (bicyclic) bond motifs is 5. The third-order valence-electron chi connectivity index (χ3n) is 4.45. The second-order valence-corrected chi connectivity index (χ2v) is 6.62. The maximum Gasteiger partial charge on any atom is 0.258 e. The first-order valence-electron chi connectivity index (χ1n) is 7.57. The minimum atomic E-state index is -0.241. The van der Waals surface area contributed by atoms with Gasteiger partial charge in [-0.1, -0.05) is 12.1 Å². The van der Waals surface area contributed by atoms with E-state index in [1.165, 1.54) is 0 Å². The van der Waals surface area contributed by atoms with E-state index in [9.17, 15) is 9.59 Å². The highest BCUT2D eigenvalue weighted by Gasteiger charge is 2.32. The molecule has 2 N–H and O–H groups in total. The summed E-state index contributed by atoms with van der Waals surface area (Å²) in [5.41, 5.74) is 3.00. The van der Waals surface area contributed by atoms with Crippen molar-refractivity contribution in [1.29, 1.82) is 0 Å². The Hall–Kier alpha value is -2.93. The van der Waals surface area contributed by atoms with Crippen LogP contribution in [0.5, 0.6) is 0 Å². The number of imidazole rings is 1. The van der Waals surface area contributed by atoms with Crippen LogP contribution in [0.15, 0.2) is 45.9 Å². The molecule has 0 radical (unpaired) electrons. The van der Waals surface area contributed by atoms with Gasteiger partial charge in [0.15, 0.2) is 0 Å². The van der Waals surface area contributed by atoms with Gasteiger partial charge in [0.2, 0.25) is 11.7 Å². The molecule has 4 aromatic rings. The quantitative estimate of drug-likeness (QED) is 0.561. The van der Waals surface area contributed by atoms with E-state index in [4.69, 9.17) is 0 Å². The van der Waals surface area contributed by atoms with Crippen molar-refractivity contribution in [2.24, 2.45) is 0 Å². The Balaban J connectivity index is 1.92. The molecule has 6 nitrogen and oxygen atoms in total. The number of rotatable bonds is 1. The zero-order valence-electron chi connectivity index (χ0n) is 12.4. The second kappa shape index (κ2) is 4.78. The van der Waals surface area contributed by atoms with Crippen molar-refractivity contribution < 1.29 is 4.79 Å². The SMILES string of the molecule is O=C1CC(c2ccsc2)c2c(n3c(nc4ccccc43)[nH]c2=O)N1. The average Bonchev–Trinajstić information content (AvgIpc) is 3.21. The molecule has 118 valence electrons. The van der Waals surface area contributed by atoms with Crippen LogP contribution >= 0.6 is 11.3 Å². The minimum Gasteiger partial charge on any atom is -0.311 e. The predicted molar refractivity (Wildman–Crippen MR) is 92.7 cm³/mol. The van der Waals surface area contributed by atoms with Crippen LogP contribution < -0.4 is 10.9 Å². The summed E-state index contributed by atoms with van der Waals surface area (Å²) < 4.78 is 1.82. The number of thiophene rings is 1. The molecule has 0 saturated heterocycles. The first kappa shape index (κ1) is 13.5. The molecule has 1 aliphatic heterocycles. The molecule has 7 heteroatoms. The van der Waals surface area contributed by atoms with Crippen molar-refractivity contribution in [1.82, 2.24) is 14.4 Å². The van der Waals surface area contributed by atoms with E-state index < -0.39 is 0 Å². The number of anilines is 1. The van der Waals surface area contributed by atoms with Gasteiger partial charge in [0.25, 0.3) is 5.56 Å². The number of aromatic nitrogens is 3. The van der Waals surface area contributed by atoms with Gasteiger partial charge in [0.05, 0.1) is 16.6 Å². The highest BCUT2D eigenvalue weighted by atomic mass is 32.1. The highest BCUT2D eigenvalue weighted by molar-refractivity contribution is 7.08. The Morgan fingerprint density at radius 1 is 1.21 bits per heavy atom. The summed E-state index contributed by atoms with van der Waals surface area (Å²) >= 11 is 1.56. The van der Waals surface area contributed by atoms with Crippen LogP contribution in [0.1, 0.15) is 23.5 Å². The van der Waals surface area contributed by atoms with Crippen molar-refractivity contribution in [3.05, 3.63) is 62.6 Å². The average molecular weight is 336 g/mol. The summed E-state index contributed by atoms with van der Waals surface area (Å²) in [7, 11) is 0. The summed E-state index contributed by atoms with van der Waals surface area (Å²) in [6.45, 7) is 0. The lowest BCUT2D eigenvalue weighted by molar-refractivity contribution is -0.116. The molecule has 0 spiro atoms. The maximum absolute atomic E-state index is 12.7. The monoisotopic (exact) mass is 336 g/mol. The first-order chi connectivity index (χ1) is 11.7. The molecule has 3 aromatic heterocycles. The topological polar surface area (TPSA) is 79.3 Å². The van der Waals surface area contributed by atoms with Crippen LogP contribution in [0.25, 0.3) is 16.8 Å². The Kier molecular flexibility index (Phi) is 2.69. The number of amides is 1. The highest BCUT2D eigenvalue weighted by Crippen LogP contribution is 2.36. The fourth-order valence-electron chi connectivity index (χ4n) is 3.41. The molecule has 5 rings (SSSR count). The fraction of sp³-hybridized carbons (Fsp3) is 0.118. The Labute approximate surface area is 139 Å². The molecule has 24 heavy (non-hydrogen) atoms. The van der Waals surface area contributed by atoms with Crippen molar-refractivity contribution in [2.45, 2.75) is 12.3 Å². The third-order valence-corrected chi connectivity index (χ3v) is 5.15. The van der Waals surface area contributed by atoms with Crippen LogP contribution in [0.4, 0.5) is 5.82 Å². The molecule has 1 aliphatic rings. The van der Waals surface area contributed by atoms with Crippen LogP contribution in [-0.4, -0.2) is 20.3 Å². The molecule has 0 aliphatic carbocycles. The van der Waals surface area contributed by atoms with E-state index in [0.717, 1.165) is 16.6 Å². The molecule has 1 amide bonds. The van der Waals surface area contributed by atoms with Crippen molar-refractivity contribution >= 4 is 39.9 Å². The van der Waals surface area contributed by atoms with Crippen LogP contribution in [0.2, 0.25) is 0 Å². The van der Waals surface area contributed by atoms with Gasteiger partial charge in [-0.15, -0.1) is 0 Å². The van der Waals surface area contributed by atoms with Gasteiger partial charge in [-0.2, -0.15) is 11.3 Å². The summed E-state index contributed by atoms with van der Waals surface area (Å²) in [4.78, 5) is 32.3. The zero-order chi connectivity index (χ0) is 16.3. The second-order valence-electron chi connectivity index (χ2n) is 5.84. The van der Waals surface area contributed by atoms with E-state index in [1.807, 2.05) is 45.5 Å². The van der Waals surface area contributed by atoms with Gasteiger partial charge >= 0.3 is 0 Å². The predicted octanol–water partition coefficient (Wildman–Crippen LogP) is 2.71. The van der Waals surface area contributed by atoms with Gasteiger partial charge in [-0.05, 0) is 34.5 Å². The van der Waals surface area contributed by atoms with Gasteiger partial charge < -0.3 is 5.32 Å². The van der Waals surface area contributed by atoms with E-state index in [1.54, 1.807) is 11.3 Å². The lowest BCUT2D eigenvalue weighted by Gasteiger charge is -2.25. The van der Waals surface area contributed by atoms with E-state index in [0.29, 0.717) is 17.2 Å². The zero-order valence-corrected chi connectivity index (χ0v) is 13.3. The van der Waals surface area contributed by atoms with Gasteiger partial charge in [0.1, 0.15) is 5.82 Å². The maximum atomic E-state index is 12.7. The van der Waals surface area contributed by atoms with Crippen molar-refractivity contribution in [3.63, 3.8) is 0 Å². The molecule has 1 aromatic carbocycles. The number of aromatic amines is 1. The van der Waals surface area contributed by atoms with E-state index in [2.05, 4.69) is 15.3 Å². The molecule has 0 fully saturated rings. The fourth-order valence-corrected chi connectivity index (χ4v) is 4.12. The van der Waals surface area contributed by atoms with Crippen LogP contribution in [0.3, 0.4) is 0 Å². The summed E-state index contributed by atoms with van der Waals surface area (Å²) in [5.74, 6) is 0.624. The molecule has 4 heterocycles. The van der Waals surface area contributed by atoms with Crippen molar-refractivity contribution in [2.75, 3.05) is 5.32 Å². The molecule has 0 saturated carbocycles. The summed E-state index contributed by atoms with van der Waals surface area (Å²) in [6.07, 6.45) is 0.269. The molecular weight excluding hydrogens is 324 g/mol. The number of nitrogens with one attached hydrogen (secondary N) is 2. The number of benzene rings is 1. The first-order valence-corrected chi connectivity index (χ1v) is 8.52. The number of hydrogen-bond acceptors (Lipinski definition) is 4. The third kappa shape index (κ3) is 1.78. The number of carbonyl (C=O) groups excluding carboxylic acids is 1.